The van der Waals surface area contributed by atoms with Crippen LogP contribution >= 0.6 is 0 Å². The Bertz CT molecular complexity index is 472. The molecule has 0 bridgehead atoms. The Morgan fingerprint density at radius 1 is 0.593 bits per heavy atom. The van der Waals surface area contributed by atoms with Crippen molar-refractivity contribution in [3.63, 3.8) is 0 Å². The minimum absolute atomic E-state index is 0.427. The SMILES string of the molecule is CCCCCCCCCCCCc1ccc([SiH](C(C)(C)C)C(C)(C)C)cc1. The number of aryl methyl sites for hydroxylation is 1. The monoisotopic (exact) mass is 388 g/mol. The quantitative estimate of drug-likeness (QED) is 0.250. The molecule has 1 aromatic rings. The van der Waals surface area contributed by atoms with E-state index in [1.165, 1.54) is 76.2 Å². The summed E-state index contributed by atoms with van der Waals surface area (Å²) < 4.78 is 0. The zero-order chi connectivity index (χ0) is 20.3. The first-order valence-electron chi connectivity index (χ1n) is 11.7. The molecule has 0 N–H and O–H groups in total. The van der Waals surface area contributed by atoms with Crippen molar-refractivity contribution in [2.45, 2.75) is 129 Å². The lowest BCUT2D eigenvalue weighted by molar-refractivity contribution is 0.556. The van der Waals surface area contributed by atoms with Gasteiger partial charge in [-0.1, -0.05) is 136 Å². The molecule has 0 amide bonds. The minimum atomic E-state index is -1.05. The van der Waals surface area contributed by atoms with Gasteiger partial charge in [-0.3, -0.25) is 0 Å². The van der Waals surface area contributed by atoms with Crippen LogP contribution in [0.25, 0.3) is 0 Å². The number of hydrogen-bond donors (Lipinski definition) is 0. The van der Waals surface area contributed by atoms with Gasteiger partial charge in [-0.15, -0.1) is 0 Å². The molecule has 0 nitrogen and oxygen atoms in total. The number of rotatable bonds is 12. The van der Waals surface area contributed by atoms with Gasteiger partial charge in [0.25, 0.3) is 0 Å². The van der Waals surface area contributed by atoms with Crippen LogP contribution in [0.15, 0.2) is 24.3 Å². The average Bonchev–Trinajstić information content (AvgIpc) is 2.55. The lowest BCUT2D eigenvalue weighted by atomic mass is 10.0. The summed E-state index contributed by atoms with van der Waals surface area (Å²) in [6, 6.07) is 9.75. The molecule has 0 aliphatic heterocycles. The van der Waals surface area contributed by atoms with E-state index < -0.39 is 8.80 Å². The van der Waals surface area contributed by atoms with E-state index in [0.717, 1.165) is 0 Å². The summed E-state index contributed by atoms with van der Waals surface area (Å²) >= 11 is 0. The van der Waals surface area contributed by atoms with Crippen molar-refractivity contribution < 1.29 is 0 Å². The van der Waals surface area contributed by atoms with Crippen molar-refractivity contribution in [2.75, 3.05) is 0 Å². The van der Waals surface area contributed by atoms with E-state index in [2.05, 4.69) is 72.7 Å². The fourth-order valence-electron chi connectivity index (χ4n) is 4.99. The Kier molecular flexibility index (Phi) is 11.0. The molecule has 1 heteroatoms. The molecule has 0 aromatic heterocycles. The standard InChI is InChI=1S/C26H48Si/c1-8-9-10-11-12-13-14-15-16-17-18-23-19-21-24(22-20-23)27(25(2,3)4)26(5,6)7/h19-22,27H,8-18H2,1-7H3. The maximum atomic E-state index is 2.46. The van der Waals surface area contributed by atoms with Crippen molar-refractivity contribution in [1.82, 2.24) is 0 Å². The molecule has 27 heavy (non-hydrogen) atoms. The topological polar surface area (TPSA) is 0 Å². The second kappa shape index (κ2) is 12.1. The first-order chi connectivity index (χ1) is 12.7. The van der Waals surface area contributed by atoms with E-state index >= 15 is 0 Å². The zero-order valence-corrected chi connectivity index (χ0v) is 20.8. The first kappa shape index (κ1) is 24.5. The molecule has 1 rings (SSSR count). The molecular formula is C26H48Si. The number of unbranched alkanes of at least 4 members (excludes halogenated alkanes) is 9. The van der Waals surface area contributed by atoms with E-state index in [1.54, 1.807) is 5.19 Å². The van der Waals surface area contributed by atoms with Crippen LogP contribution < -0.4 is 5.19 Å². The zero-order valence-electron chi connectivity index (χ0n) is 19.7. The third kappa shape index (κ3) is 9.97. The molecule has 1 aromatic carbocycles. The highest BCUT2D eigenvalue weighted by Gasteiger charge is 2.37. The second-order valence-electron chi connectivity index (χ2n) is 10.8. The van der Waals surface area contributed by atoms with Crippen molar-refractivity contribution in [1.29, 1.82) is 0 Å². The summed E-state index contributed by atoms with van der Waals surface area (Å²) in [5.74, 6) is 0. The highest BCUT2D eigenvalue weighted by atomic mass is 28.3. The normalized spacial score (nSPS) is 12.7. The van der Waals surface area contributed by atoms with Crippen LogP contribution in [-0.4, -0.2) is 8.80 Å². The van der Waals surface area contributed by atoms with Crippen molar-refractivity contribution >= 4 is 14.0 Å². The molecule has 0 atom stereocenters. The summed E-state index contributed by atoms with van der Waals surface area (Å²) in [7, 11) is -1.05. The van der Waals surface area contributed by atoms with Crippen LogP contribution in [0.3, 0.4) is 0 Å². The largest absolute Gasteiger partial charge is 0.0814 e. The van der Waals surface area contributed by atoms with E-state index in [9.17, 15) is 0 Å². The molecule has 0 spiro atoms. The molecule has 0 aliphatic carbocycles. The van der Waals surface area contributed by atoms with Gasteiger partial charge >= 0.3 is 0 Å². The Balaban J connectivity index is 2.32. The second-order valence-corrected chi connectivity index (χ2v) is 15.8. The minimum Gasteiger partial charge on any atom is -0.0654 e. The molecule has 156 valence electrons. The average molecular weight is 389 g/mol. The van der Waals surface area contributed by atoms with Gasteiger partial charge in [-0.25, -0.2) is 0 Å². The van der Waals surface area contributed by atoms with Gasteiger partial charge in [0.05, 0.1) is 8.80 Å². The van der Waals surface area contributed by atoms with E-state index in [1.807, 2.05) is 0 Å². The Hall–Kier alpha value is -0.563. The summed E-state index contributed by atoms with van der Waals surface area (Å²) in [5, 5.41) is 2.49. The maximum absolute atomic E-state index is 2.46. The van der Waals surface area contributed by atoms with Gasteiger partial charge in [0.1, 0.15) is 0 Å². The molecule has 0 heterocycles. The molecule has 0 radical (unpaired) electrons. The summed E-state index contributed by atoms with van der Waals surface area (Å²) in [6.45, 7) is 16.9. The van der Waals surface area contributed by atoms with Gasteiger partial charge in [-0.05, 0) is 28.5 Å². The van der Waals surface area contributed by atoms with Crippen LogP contribution in [0.1, 0.15) is 118 Å². The summed E-state index contributed by atoms with van der Waals surface area (Å²) in [6.07, 6.45) is 15.5. The van der Waals surface area contributed by atoms with Crippen molar-refractivity contribution in [3.8, 4) is 0 Å². The lowest BCUT2D eigenvalue weighted by Gasteiger charge is -2.39. The highest BCUT2D eigenvalue weighted by molar-refractivity contribution is 6.78. The van der Waals surface area contributed by atoms with Crippen LogP contribution in [0, 0.1) is 0 Å². The third-order valence-corrected chi connectivity index (χ3v) is 10.4. The highest BCUT2D eigenvalue weighted by Crippen LogP contribution is 2.41. The van der Waals surface area contributed by atoms with Crippen molar-refractivity contribution in [2.24, 2.45) is 0 Å². The van der Waals surface area contributed by atoms with Crippen LogP contribution in [0.2, 0.25) is 10.1 Å². The predicted molar refractivity (Wildman–Crippen MR) is 128 cm³/mol. The van der Waals surface area contributed by atoms with Crippen LogP contribution in [0.4, 0.5) is 0 Å². The predicted octanol–water partition coefficient (Wildman–Crippen LogP) is 8.18. The van der Waals surface area contributed by atoms with Crippen LogP contribution in [0.5, 0.6) is 0 Å². The van der Waals surface area contributed by atoms with E-state index in [4.69, 9.17) is 0 Å². The summed E-state index contributed by atoms with van der Waals surface area (Å²) in [5.41, 5.74) is 1.54. The lowest BCUT2D eigenvalue weighted by Crippen LogP contribution is -2.45. The first-order valence-corrected chi connectivity index (χ1v) is 13.5. The Morgan fingerprint density at radius 2 is 1.00 bits per heavy atom. The maximum Gasteiger partial charge on any atom is 0.0814 e. The van der Waals surface area contributed by atoms with Gasteiger partial charge in [0.2, 0.25) is 0 Å². The smallest absolute Gasteiger partial charge is 0.0654 e. The Morgan fingerprint density at radius 3 is 1.41 bits per heavy atom. The fourth-order valence-corrected chi connectivity index (χ4v) is 10.2. The van der Waals surface area contributed by atoms with Gasteiger partial charge in [-0.2, -0.15) is 0 Å². The van der Waals surface area contributed by atoms with Gasteiger partial charge in [0.15, 0.2) is 0 Å². The molecule has 0 fully saturated rings. The van der Waals surface area contributed by atoms with Crippen molar-refractivity contribution in [3.05, 3.63) is 29.8 Å². The molecular weight excluding hydrogens is 340 g/mol. The number of hydrogen-bond acceptors (Lipinski definition) is 0. The molecule has 0 saturated heterocycles. The van der Waals surface area contributed by atoms with Gasteiger partial charge in [0, 0.05) is 0 Å². The molecule has 0 unspecified atom stereocenters. The third-order valence-electron chi connectivity index (χ3n) is 5.86. The number of benzene rings is 1. The Labute approximate surface area is 173 Å². The fraction of sp³-hybridized carbons (Fsp3) is 0.769. The van der Waals surface area contributed by atoms with E-state index in [0.29, 0.717) is 10.1 Å². The summed E-state index contributed by atoms with van der Waals surface area (Å²) in [4.78, 5) is 0. The van der Waals surface area contributed by atoms with E-state index in [-0.39, 0.29) is 0 Å². The van der Waals surface area contributed by atoms with Gasteiger partial charge < -0.3 is 0 Å². The molecule has 0 saturated carbocycles. The molecule has 0 aliphatic rings. The van der Waals surface area contributed by atoms with Crippen LogP contribution in [-0.2, 0) is 6.42 Å².